The normalized spacial score (nSPS) is 12.5. The number of halogens is 1. The van der Waals surface area contributed by atoms with E-state index in [1.54, 1.807) is 0 Å². The lowest BCUT2D eigenvalue weighted by Gasteiger charge is -2.16. The second kappa shape index (κ2) is 6.58. The largest absolute Gasteiger partial charge is 0.349 e. The first-order valence-corrected chi connectivity index (χ1v) is 8.12. The van der Waals surface area contributed by atoms with Gasteiger partial charge in [0.25, 0.3) is 5.91 Å². The number of rotatable bonds is 4. The van der Waals surface area contributed by atoms with Gasteiger partial charge >= 0.3 is 0 Å². The van der Waals surface area contributed by atoms with Crippen molar-refractivity contribution in [1.29, 1.82) is 0 Å². The van der Waals surface area contributed by atoms with Crippen LogP contribution in [0.4, 0.5) is 0 Å². The molecule has 112 valence electrons. The summed E-state index contributed by atoms with van der Waals surface area (Å²) in [5, 5.41) is 4.50. The third-order valence-electron chi connectivity index (χ3n) is 3.43. The van der Waals surface area contributed by atoms with E-state index in [9.17, 15) is 4.79 Å². The van der Waals surface area contributed by atoms with E-state index in [0.717, 1.165) is 16.3 Å². The Bertz CT molecular complexity index is 651. The molecule has 1 N–H and O–H groups in total. The first-order chi connectivity index (χ1) is 9.88. The highest BCUT2D eigenvalue weighted by atomic mass is 35.5. The third kappa shape index (κ3) is 3.83. The van der Waals surface area contributed by atoms with E-state index >= 15 is 0 Å². The molecule has 1 unspecified atom stereocenters. The maximum absolute atomic E-state index is 12.3. The van der Waals surface area contributed by atoms with Crippen molar-refractivity contribution in [2.75, 3.05) is 0 Å². The summed E-state index contributed by atoms with van der Waals surface area (Å²) >= 11 is 7.41. The fourth-order valence-electron chi connectivity index (χ4n) is 1.79. The Balaban J connectivity index is 2.25. The monoisotopic (exact) mass is 322 g/mol. The summed E-state index contributed by atoms with van der Waals surface area (Å²) < 4.78 is 0. The van der Waals surface area contributed by atoms with Crippen LogP contribution >= 0.6 is 22.9 Å². The maximum Gasteiger partial charge on any atom is 0.263 e. The van der Waals surface area contributed by atoms with Gasteiger partial charge in [-0.2, -0.15) is 0 Å². The molecule has 0 saturated carbocycles. The highest BCUT2D eigenvalue weighted by Crippen LogP contribution is 2.29. The van der Waals surface area contributed by atoms with Crippen LogP contribution in [0.25, 0.3) is 10.6 Å². The van der Waals surface area contributed by atoms with E-state index in [1.165, 1.54) is 11.3 Å². The van der Waals surface area contributed by atoms with Gasteiger partial charge in [0.1, 0.15) is 9.88 Å². The van der Waals surface area contributed by atoms with Crippen LogP contribution < -0.4 is 5.32 Å². The predicted octanol–water partition coefficient (Wildman–Crippen LogP) is 4.55. The average molecular weight is 323 g/mol. The van der Waals surface area contributed by atoms with Crippen LogP contribution in [-0.4, -0.2) is 16.9 Å². The Morgan fingerprint density at radius 1 is 1.33 bits per heavy atom. The molecule has 2 rings (SSSR count). The number of thiazole rings is 1. The summed E-state index contributed by atoms with van der Waals surface area (Å²) in [7, 11) is 0. The number of aryl methyl sites for hydroxylation is 1. The van der Waals surface area contributed by atoms with Gasteiger partial charge in [-0.1, -0.05) is 37.6 Å². The van der Waals surface area contributed by atoms with Gasteiger partial charge in [-0.05, 0) is 31.9 Å². The number of aromatic nitrogens is 1. The van der Waals surface area contributed by atoms with E-state index in [-0.39, 0.29) is 11.9 Å². The predicted molar refractivity (Wildman–Crippen MR) is 89.1 cm³/mol. The van der Waals surface area contributed by atoms with Gasteiger partial charge in [0, 0.05) is 16.6 Å². The minimum atomic E-state index is -0.0560. The summed E-state index contributed by atoms with van der Waals surface area (Å²) in [4.78, 5) is 17.5. The van der Waals surface area contributed by atoms with Crippen molar-refractivity contribution in [1.82, 2.24) is 10.3 Å². The molecule has 0 fully saturated rings. The Morgan fingerprint density at radius 3 is 2.67 bits per heavy atom. The molecule has 0 bridgehead atoms. The van der Waals surface area contributed by atoms with Crippen LogP contribution in [0.3, 0.4) is 0 Å². The number of carbonyl (C=O) groups is 1. The average Bonchev–Trinajstić information content (AvgIpc) is 2.80. The second-order valence-electron chi connectivity index (χ2n) is 5.45. The molecule has 0 saturated heterocycles. The van der Waals surface area contributed by atoms with Crippen molar-refractivity contribution in [3.8, 4) is 10.6 Å². The lowest BCUT2D eigenvalue weighted by molar-refractivity contribution is 0.0934. The minimum absolute atomic E-state index is 0.0560. The van der Waals surface area contributed by atoms with Crippen molar-refractivity contribution >= 4 is 28.8 Å². The molecule has 1 aromatic heterocycles. The molecule has 0 spiro atoms. The molecule has 0 aliphatic carbocycles. The summed E-state index contributed by atoms with van der Waals surface area (Å²) in [6, 6.07) is 7.65. The van der Waals surface area contributed by atoms with Gasteiger partial charge < -0.3 is 5.32 Å². The number of hydrogen-bond acceptors (Lipinski definition) is 3. The fourth-order valence-corrected chi connectivity index (χ4v) is 2.95. The Morgan fingerprint density at radius 2 is 2.05 bits per heavy atom. The first-order valence-electron chi connectivity index (χ1n) is 6.92. The fraction of sp³-hybridized carbons (Fsp3) is 0.375. The van der Waals surface area contributed by atoms with Crippen molar-refractivity contribution in [2.24, 2.45) is 5.92 Å². The van der Waals surface area contributed by atoms with Crippen LogP contribution in [0.1, 0.15) is 36.1 Å². The molecular formula is C16H19ClN2OS. The topological polar surface area (TPSA) is 42.0 Å². The standard InChI is InChI=1S/C16H19ClN2OS/c1-9(2)10(3)18-15(20)14-11(4)19-16(21-14)12-6-5-7-13(17)8-12/h5-10H,1-4H3,(H,18,20). The van der Waals surface area contributed by atoms with E-state index in [1.807, 2.05) is 38.1 Å². The summed E-state index contributed by atoms with van der Waals surface area (Å²) in [6.07, 6.45) is 0. The highest BCUT2D eigenvalue weighted by Gasteiger charge is 2.19. The number of amides is 1. The van der Waals surface area contributed by atoms with Gasteiger partial charge in [-0.3, -0.25) is 4.79 Å². The molecule has 1 aromatic carbocycles. The zero-order valence-corrected chi connectivity index (χ0v) is 14.2. The van der Waals surface area contributed by atoms with Gasteiger partial charge in [0.05, 0.1) is 5.69 Å². The zero-order chi connectivity index (χ0) is 15.6. The van der Waals surface area contributed by atoms with Crippen molar-refractivity contribution < 1.29 is 4.79 Å². The molecule has 0 aliphatic rings. The molecule has 5 heteroatoms. The van der Waals surface area contributed by atoms with Crippen LogP contribution in [0.15, 0.2) is 24.3 Å². The third-order valence-corrected chi connectivity index (χ3v) is 4.87. The summed E-state index contributed by atoms with van der Waals surface area (Å²) in [5.74, 6) is 0.342. The number of nitrogens with one attached hydrogen (secondary N) is 1. The van der Waals surface area contributed by atoms with Crippen LogP contribution in [0.2, 0.25) is 5.02 Å². The van der Waals surface area contributed by atoms with Gasteiger partial charge in [-0.15, -0.1) is 11.3 Å². The Hall–Kier alpha value is -1.39. The highest BCUT2D eigenvalue weighted by molar-refractivity contribution is 7.17. The van der Waals surface area contributed by atoms with E-state index in [0.29, 0.717) is 15.8 Å². The van der Waals surface area contributed by atoms with Crippen LogP contribution in [0, 0.1) is 12.8 Å². The number of nitrogens with zero attached hydrogens (tertiary/aromatic N) is 1. The van der Waals surface area contributed by atoms with Gasteiger partial charge in [0.2, 0.25) is 0 Å². The zero-order valence-electron chi connectivity index (χ0n) is 12.6. The molecular weight excluding hydrogens is 304 g/mol. The quantitative estimate of drug-likeness (QED) is 0.897. The molecule has 0 radical (unpaired) electrons. The van der Waals surface area contributed by atoms with E-state index in [4.69, 9.17) is 11.6 Å². The SMILES string of the molecule is Cc1nc(-c2cccc(Cl)c2)sc1C(=O)NC(C)C(C)C. The van der Waals surface area contributed by atoms with Crippen LogP contribution in [-0.2, 0) is 0 Å². The molecule has 2 aromatic rings. The number of carbonyl (C=O) groups excluding carboxylic acids is 1. The lowest BCUT2D eigenvalue weighted by Crippen LogP contribution is -2.35. The van der Waals surface area contributed by atoms with Crippen molar-refractivity contribution in [3.05, 3.63) is 39.9 Å². The van der Waals surface area contributed by atoms with Crippen molar-refractivity contribution in [3.63, 3.8) is 0 Å². The minimum Gasteiger partial charge on any atom is -0.349 e. The van der Waals surface area contributed by atoms with Crippen molar-refractivity contribution in [2.45, 2.75) is 33.7 Å². The van der Waals surface area contributed by atoms with E-state index in [2.05, 4.69) is 24.1 Å². The number of hydrogen-bond donors (Lipinski definition) is 1. The Labute approximate surface area is 134 Å². The maximum atomic E-state index is 12.3. The summed E-state index contributed by atoms with van der Waals surface area (Å²) in [6.45, 7) is 8.04. The first kappa shape index (κ1) is 16.0. The smallest absolute Gasteiger partial charge is 0.263 e. The molecule has 1 atom stereocenters. The van der Waals surface area contributed by atoms with E-state index < -0.39 is 0 Å². The van der Waals surface area contributed by atoms with Gasteiger partial charge in [0.15, 0.2) is 0 Å². The molecule has 1 heterocycles. The molecule has 1 amide bonds. The summed E-state index contributed by atoms with van der Waals surface area (Å²) in [5.41, 5.74) is 1.69. The Kier molecular flexibility index (Phi) is 5.01. The number of benzene rings is 1. The molecule has 0 aliphatic heterocycles. The van der Waals surface area contributed by atoms with Crippen LogP contribution in [0.5, 0.6) is 0 Å². The van der Waals surface area contributed by atoms with Gasteiger partial charge in [-0.25, -0.2) is 4.98 Å². The second-order valence-corrected chi connectivity index (χ2v) is 6.89. The molecule has 3 nitrogen and oxygen atoms in total. The lowest BCUT2D eigenvalue weighted by atomic mass is 10.1. The molecule has 21 heavy (non-hydrogen) atoms.